The molecule has 3 aromatic carbocycles. The number of hydrogen-bond donors (Lipinski definition) is 4. The second-order valence-corrected chi connectivity index (χ2v) is 9.26. The number of fused-ring (bicyclic) bond motifs is 3. The van der Waals surface area contributed by atoms with E-state index in [0.717, 1.165) is 5.56 Å². The fourth-order valence-corrected chi connectivity index (χ4v) is 5.64. The number of nitrogens with one attached hydrogen (secondary N) is 2. The van der Waals surface area contributed by atoms with Crippen molar-refractivity contribution in [2.45, 2.75) is 29.6 Å². The number of hydrogen-bond acceptors (Lipinski definition) is 6. The number of anilines is 1. The van der Waals surface area contributed by atoms with Crippen molar-refractivity contribution in [1.29, 1.82) is 0 Å². The molecule has 0 saturated heterocycles. The summed E-state index contributed by atoms with van der Waals surface area (Å²) in [7, 11) is 0. The third kappa shape index (κ3) is 3.11. The van der Waals surface area contributed by atoms with Gasteiger partial charge in [-0.3, -0.25) is 9.89 Å². The Kier molecular flexibility index (Phi) is 4.93. The number of carbonyl (C=O) groups is 1. The number of ether oxygens (including phenoxy) is 1. The van der Waals surface area contributed by atoms with Crippen molar-refractivity contribution < 1.29 is 19.7 Å². The number of halogens is 1. The molecule has 8 nitrogen and oxygen atoms in total. The van der Waals surface area contributed by atoms with Crippen LogP contribution in [0.25, 0.3) is 0 Å². The van der Waals surface area contributed by atoms with Crippen molar-refractivity contribution in [3.8, 4) is 5.75 Å². The summed E-state index contributed by atoms with van der Waals surface area (Å²) in [6.07, 6.45) is 0.449. The largest absolute Gasteiger partial charge is 0.478 e. The molecule has 1 saturated carbocycles. The zero-order valence-electron chi connectivity index (χ0n) is 18.4. The molecule has 9 heteroatoms. The third-order valence-electron chi connectivity index (χ3n) is 7.02. The molecule has 0 spiro atoms. The average Bonchev–Trinajstić information content (AvgIpc) is 3.54. The van der Waals surface area contributed by atoms with Gasteiger partial charge < -0.3 is 20.3 Å². The van der Waals surface area contributed by atoms with Crippen LogP contribution in [0.3, 0.4) is 0 Å². The molecule has 1 aromatic heterocycles. The van der Waals surface area contributed by atoms with Crippen LogP contribution in [-0.4, -0.2) is 37.4 Å². The Morgan fingerprint density at radius 3 is 2.60 bits per heavy atom. The zero-order valence-corrected chi connectivity index (χ0v) is 19.1. The Morgan fingerprint density at radius 2 is 1.89 bits per heavy atom. The highest BCUT2D eigenvalue weighted by Gasteiger charge is 2.72. The first-order chi connectivity index (χ1) is 16.9. The van der Waals surface area contributed by atoms with Gasteiger partial charge in [-0.1, -0.05) is 60.1 Å². The van der Waals surface area contributed by atoms with E-state index >= 15 is 0 Å². The lowest BCUT2D eigenvalue weighted by Crippen LogP contribution is -2.51. The fourth-order valence-electron chi connectivity index (χ4n) is 5.51. The van der Waals surface area contributed by atoms with E-state index in [2.05, 4.69) is 20.5 Å². The standard InChI is InChI=1S/C26H21ClN4O4/c27-17-8-6-16(7-9-17)26-20(15-4-2-1-3-5-15)13-22(32)25(26,34)19-11-10-18(12-21(19)35-26)30-24(33)23-28-14-29-31-23/h1-12,14,20,22,32,34H,13H2,(H,30,33)(H,28,29,31)/t20-,22-,25-,26-/m0/s1. The molecule has 4 atom stereocenters. The van der Waals surface area contributed by atoms with E-state index in [-0.39, 0.29) is 11.7 Å². The molecular formula is C26H21ClN4O4. The van der Waals surface area contributed by atoms with Gasteiger partial charge in [0.15, 0.2) is 11.2 Å². The van der Waals surface area contributed by atoms with Crippen LogP contribution in [0.2, 0.25) is 5.02 Å². The summed E-state index contributed by atoms with van der Waals surface area (Å²) >= 11 is 6.17. The summed E-state index contributed by atoms with van der Waals surface area (Å²) in [6, 6.07) is 21.8. The second-order valence-electron chi connectivity index (χ2n) is 8.82. The first kappa shape index (κ1) is 21.8. The number of amides is 1. The molecular weight excluding hydrogens is 468 g/mol. The van der Waals surface area contributed by atoms with Gasteiger partial charge in [0.05, 0.1) is 6.10 Å². The molecule has 0 bridgehead atoms. The Balaban J connectivity index is 1.48. The highest BCUT2D eigenvalue weighted by molar-refractivity contribution is 6.30. The Hall–Kier alpha value is -3.72. The van der Waals surface area contributed by atoms with Gasteiger partial charge >= 0.3 is 0 Å². The van der Waals surface area contributed by atoms with E-state index in [9.17, 15) is 15.0 Å². The Morgan fingerprint density at radius 1 is 1.11 bits per heavy atom. The number of nitrogens with zero attached hydrogens (tertiary/aromatic N) is 2. The molecule has 1 aliphatic carbocycles. The molecule has 0 radical (unpaired) electrons. The Labute approximate surface area is 205 Å². The molecule has 4 aromatic rings. The number of rotatable bonds is 4. The normalized spacial score (nSPS) is 26.6. The lowest BCUT2D eigenvalue weighted by atomic mass is 9.71. The average molecular weight is 489 g/mol. The molecule has 2 aliphatic rings. The van der Waals surface area contributed by atoms with Gasteiger partial charge in [0.25, 0.3) is 5.91 Å². The number of aliphatic hydroxyl groups is 2. The molecule has 176 valence electrons. The maximum Gasteiger partial charge on any atom is 0.292 e. The zero-order chi connectivity index (χ0) is 24.2. The minimum atomic E-state index is -1.73. The number of H-pyrrole nitrogens is 1. The van der Waals surface area contributed by atoms with Crippen LogP contribution in [0.4, 0.5) is 5.69 Å². The summed E-state index contributed by atoms with van der Waals surface area (Å²) in [5.74, 6) is -0.380. The second kappa shape index (κ2) is 7.91. The smallest absolute Gasteiger partial charge is 0.292 e. The lowest BCUT2D eigenvalue weighted by Gasteiger charge is -2.40. The van der Waals surface area contributed by atoms with Gasteiger partial charge in [-0.25, -0.2) is 4.98 Å². The van der Waals surface area contributed by atoms with E-state index in [1.165, 1.54) is 6.33 Å². The lowest BCUT2D eigenvalue weighted by molar-refractivity contribution is -0.149. The maximum atomic E-state index is 12.5. The Bertz CT molecular complexity index is 1400. The van der Waals surface area contributed by atoms with Crippen LogP contribution in [0.5, 0.6) is 5.75 Å². The minimum Gasteiger partial charge on any atom is -0.478 e. The number of carbonyl (C=O) groups excluding carboxylic acids is 1. The SMILES string of the molecule is O=C(Nc1ccc2c(c1)O[C@@]1(c3ccc(Cl)cc3)[C@H](c3ccccc3)C[C@H](O)[C@@]21O)c1ncn[nH]1. The van der Waals surface area contributed by atoms with Crippen LogP contribution in [0, 0.1) is 0 Å². The van der Waals surface area contributed by atoms with Crippen LogP contribution in [0.1, 0.15) is 39.6 Å². The van der Waals surface area contributed by atoms with Crippen LogP contribution in [0.15, 0.2) is 79.1 Å². The number of aromatic nitrogens is 3. The number of aromatic amines is 1. The monoisotopic (exact) mass is 488 g/mol. The minimum absolute atomic E-state index is 0.0686. The van der Waals surface area contributed by atoms with Crippen molar-refractivity contribution in [3.05, 3.63) is 107 Å². The molecule has 0 unspecified atom stereocenters. The third-order valence-corrected chi connectivity index (χ3v) is 7.28. The van der Waals surface area contributed by atoms with Crippen molar-refractivity contribution in [3.63, 3.8) is 0 Å². The summed E-state index contributed by atoms with van der Waals surface area (Å²) in [6.45, 7) is 0. The van der Waals surface area contributed by atoms with Crippen LogP contribution < -0.4 is 10.1 Å². The van der Waals surface area contributed by atoms with E-state index < -0.39 is 23.2 Å². The summed E-state index contributed by atoms with van der Waals surface area (Å²) in [5, 5.41) is 33.1. The van der Waals surface area contributed by atoms with Gasteiger partial charge in [-0.05, 0) is 35.7 Å². The summed E-state index contributed by atoms with van der Waals surface area (Å²) < 4.78 is 6.66. The van der Waals surface area contributed by atoms with Gasteiger partial charge in [-0.15, -0.1) is 0 Å². The van der Waals surface area contributed by atoms with E-state index in [4.69, 9.17) is 16.3 Å². The van der Waals surface area contributed by atoms with Gasteiger partial charge in [0, 0.05) is 28.3 Å². The van der Waals surface area contributed by atoms with Gasteiger partial charge in [-0.2, -0.15) is 5.10 Å². The molecule has 1 aliphatic heterocycles. The molecule has 1 fully saturated rings. The summed E-state index contributed by atoms with van der Waals surface area (Å²) in [4.78, 5) is 16.3. The van der Waals surface area contributed by atoms with E-state index in [1.54, 1.807) is 30.3 Å². The predicted octanol–water partition coefficient (Wildman–Crippen LogP) is 3.73. The highest BCUT2D eigenvalue weighted by Crippen LogP contribution is 2.66. The topological polar surface area (TPSA) is 120 Å². The van der Waals surface area contributed by atoms with Crippen LogP contribution >= 0.6 is 11.6 Å². The van der Waals surface area contributed by atoms with Gasteiger partial charge in [0.2, 0.25) is 5.82 Å². The van der Waals surface area contributed by atoms with Crippen molar-refractivity contribution in [2.75, 3.05) is 5.32 Å². The van der Waals surface area contributed by atoms with E-state index in [0.29, 0.717) is 34.0 Å². The van der Waals surface area contributed by atoms with Crippen molar-refractivity contribution in [1.82, 2.24) is 15.2 Å². The van der Waals surface area contributed by atoms with Gasteiger partial charge in [0.1, 0.15) is 12.1 Å². The predicted molar refractivity (Wildman–Crippen MR) is 128 cm³/mol. The highest BCUT2D eigenvalue weighted by atomic mass is 35.5. The first-order valence-corrected chi connectivity index (χ1v) is 11.5. The molecule has 6 rings (SSSR count). The quantitative estimate of drug-likeness (QED) is 0.347. The first-order valence-electron chi connectivity index (χ1n) is 11.1. The maximum absolute atomic E-state index is 12.5. The molecule has 1 amide bonds. The summed E-state index contributed by atoms with van der Waals surface area (Å²) in [5.41, 5.74) is -0.512. The van der Waals surface area contributed by atoms with Crippen LogP contribution in [-0.2, 0) is 11.2 Å². The number of aliphatic hydroxyl groups excluding tert-OH is 1. The molecule has 4 N–H and O–H groups in total. The molecule has 35 heavy (non-hydrogen) atoms. The fraction of sp³-hybridized carbons (Fsp3) is 0.192. The van der Waals surface area contributed by atoms with Crippen molar-refractivity contribution >= 4 is 23.2 Å². The number of benzene rings is 3. The molecule has 2 heterocycles. The van der Waals surface area contributed by atoms with E-state index in [1.807, 2.05) is 42.5 Å². The van der Waals surface area contributed by atoms with Crippen molar-refractivity contribution in [2.24, 2.45) is 0 Å².